The maximum absolute atomic E-state index is 12.4. The molecular weight excluding hydrogens is 250 g/mol. The minimum atomic E-state index is -0.0699. The third-order valence-electron chi connectivity index (χ3n) is 3.55. The minimum absolute atomic E-state index is 0.0699. The molecule has 18 heavy (non-hydrogen) atoms. The van der Waals surface area contributed by atoms with Crippen molar-refractivity contribution in [1.82, 2.24) is 9.88 Å². The van der Waals surface area contributed by atoms with Crippen LogP contribution in [-0.2, 0) is 0 Å². The molecule has 98 valence electrons. The number of amides is 1. The smallest absolute Gasteiger partial charge is 0.272 e. The standard InChI is InChI=1S/C13H18ClN3O/c1-9-4-3-7-17(11(9)8-15)13(18)10-5-2-6-12(14)16-10/h2,5-6,9,11H,3-4,7-8,15H2,1H3/t9-,11+/m1/s1. The number of nitrogens with two attached hydrogens (primary N) is 1. The van der Waals surface area contributed by atoms with Crippen LogP contribution in [0.3, 0.4) is 0 Å². The molecule has 2 atom stereocenters. The van der Waals surface area contributed by atoms with Crippen molar-refractivity contribution in [2.45, 2.75) is 25.8 Å². The Kier molecular flexibility index (Phi) is 4.19. The van der Waals surface area contributed by atoms with Gasteiger partial charge in [0.1, 0.15) is 10.8 Å². The average Bonchev–Trinajstić information content (AvgIpc) is 2.37. The lowest BCUT2D eigenvalue weighted by Crippen LogP contribution is -2.51. The quantitative estimate of drug-likeness (QED) is 0.833. The number of hydrogen-bond acceptors (Lipinski definition) is 3. The molecule has 0 bridgehead atoms. The van der Waals surface area contributed by atoms with E-state index in [-0.39, 0.29) is 11.9 Å². The van der Waals surface area contributed by atoms with Crippen molar-refractivity contribution < 1.29 is 4.79 Å². The van der Waals surface area contributed by atoms with Gasteiger partial charge in [0, 0.05) is 19.1 Å². The van der Waals surface area contributed by atoms with Crippen molar-refractivity contribution in [1.29, 1.82) is 0 Å². The van der Waals surface area contributed by atoms with Gasteiger partial charge in [0.2, 0.25) is 0 Å². The summed E-state index contributed by atoms with van der Waals surface area (Å²) in [7, 11) is 0. The zero-order chi connectivity index (χ0) is 13.1. The van der Waals surface area contributed by atoms with Gasteiger partial charge in [0.15, 0.2) is 0 Å². The van der Waals surface area contributed by atoms with E-state index >= 15 is 0 Å². The SMILES string of the molecule is C[C@@H]1CCCN(C(=O)c2cccc(Cl)n2)[C@H]1CN. The molecule has 2 N–H and O–H groups in total. The lowest BCUT2D eigenvalue weighted by atomic mass is 9.90. The maximum atomic E-state index is 12.4. The molecule has 0 aliphatic carbocycles. The summed E-state index contributed by atoms with van der Waals surface area (Å²) in [6.07, 6.45) is 2.14. The van der Waals surface area contributed by atoms with Gasteiger partial charge in [-0.25, -0.2) is 4.98 Å². The molecule has 1 aliphatic heterocycles. The van der Waals surface area contributed by atoms with Crippen molar-refractivity contribution in [2.24, 2.45) is 11.7 Å². The predicted molar refractivity (Wildman–Crippen MR) is 71.5 cm³/mol. The van der Waals surface area contributed by atoms with Crippen LogP contribution in [0.15, 0.2) is 18.2 Å². The zero-order valence-corrected chi connectivity index (χ0v) is 11.2. The molecule has 0 aromatic carbocycles. The molecule has 0 saturated carbocycles. The Balaban J connectivity index is 2.21. The third-order valence-corrected chi connectivity index (χ3v) is 3.76. The molecule has 0 unspecified atom stereocenters. The van der Waals surface area contributed by atoms with Crippen LogP contribution < -0.4 is 5.73 Å². The van der Waals surface area contributed by atoms with Crippen LogP contribution in [0.5, 0.6) is 0 Å². The van der Waals surface area contributed by atoms with E-state index in [9.17, 15) is 4.79 Å². The maximum Gasteiger partial charge on any atom is 0.272 e. The van der Waals surface area contributed by atoms with Crippen molar-refractivity contribution in [2.75, 3.05) is 13.1 Å². The highest BCUT2D eigenvalue weighted by molar-refractivity contribution is 6.29. The van der Waals surface area contributed by atoms with Gasteiger partial charge in [-0.05, 0) is 30.9 Å². The zero-order valence-electron chi connectivity index (χ0n) is 10.5. The van der Waals surface area contributed by atoms with Gasteiger partial charge in [0.25, 0.3) is 5.91 Å². The van der Waals surface area contributed by atoms with Gasteiger partial charge in [-0.1, -0.05) is 24.6 Å². The van der Waals surface area contributed by atoms with Crippen LogP contribution in [0.2, 0.25) is 5.15 Å². The van der Waals surface area contributed by atoms with E-state index in [0.717, 1.165) is 19.4 Å². The molecule has 1 amide bonds. The second kappa shape index (κ2) is 5.67. The molecule has 2 rings (SSSR count). The fourth-order valence-corrected chi connectivity index (χ4v) is 2.70. The van der Waals surface area contributed by atoms with E-state index in [4.69, 9.17) is 17.3 Å². The lowest BCUT2D eigenvalue weighted by molar-refractivity contribution is 0.0526. The van der Waals surface area contributed by atoms with Crippen LogP contribution in [-0.4, -0.2) is 34.9 Å². The van der Waals surface area contributed by atoms with Gasteiger partial charge < -0.3 is 10.6 Å². The predicted octanol–water partition coefficient (Wildman–Crippen LogP) is 1.93. The van der Waals surface area contributed by atoms with Gasteiger partial charge in [0.05, 0.1) is 0 Å². The minimum Gasteiger partial charge on any atom is -0.333 e. The first kappa shape index (κ1) is 13.3. The van der Waals surface area contributed by atoms with Crippen molar-refractivity contribution in [3.8, 4) is 0 Å². The van der Waals surface area contributed by atoms with E-state index in [1.54, 1.807) is 18.2 Å². The first-order valence-electron chi connectivity index (χ1n) is 6.27. The summed E-state index contributed by atoms with van der Waals surface area (Å²) >= 11 is 5.82. The highest BCUT2D eigenvalue weighted by atomic mass is 35.5. The van der Waals surface area contributed by atoms with E-state index in [1.165, 1.54) is 0 Å². The molecule has 5 heteroatoms. The molecule has 2 heterocycles. The highest BCUT2D eigenvalue weighted by Gasteiger charge is 2.31. The molecular formula is C13H18ClN3O. The lowest BCUT2D eigenvalue weighted by Gasteiger charge is -2.39. The van der Waals surface area contributed by atoms with Crippen molar-refractivity contribution in [3.05, 3.63) is 29.0 Å². The topological polar surface area (TPSA) is 59.2 Å². The number of halogens is 1. The van der Waals surface area contributed by atoms with Gasteiger partial charge in [-0.15, -0.1) is 0 Å². The van der Waals surface area contributed by atoms with Gasteiger partial charge in [-0.3, -0.25) is 4.79 Å². The summed E-state index contributed by atoms with van der Waals surface area (Å²) in [5, 5.41) is 0.343. The Hall–Kier alpha value is -1.13. The molecule has 1 aliphatic rings. The number of carbonyl (C=O) groups is 1. The van der Waals surface area contributed by atoms with Crippen LogP contribution >= 0.6 is 11.6 Å². The number of pyridine rings is 1. The van der Waals surface area contributed by atoms with E-state index in [0.29, 0.717) is 23.3 Å². The Morgan fingerprint density at radius 1 is 1.61 bits per heavy atom. The van der Waals surface area contributed by atoms with Gasteiger partial charge in [-0.2, -0.15) is 0 Å². The number of likely N-dealkylation sites (tertiary alicyclic amines) is 1. The Bertz CT molecular complexity index is 438. The van der Waals surface area contributed by atoms with E-state index < -0.39 is 0 Å². The average molecular weight is 268 g/mol. The first-order chi connectivity index (χ1) is 8.63. The second-order valence-corrected chi connectivity index (χ2v) is 5.15. The summed E-state index contributed by atoms with van der Waals surface area (Å²) in [5.41, 5.74) is 6.19. The first-order valence-corrected chi connectivity index (χ1v) is 6.65. The molecule has 0 radical (unpaired) electrons. The summed E-state index contributed by atoms with van der Waals surface area (Å²) < 4.78 is 0. The number of rotatable bonds is 2. The van der Waals surface area contributed by atoms with Crippen LogP contribution in [0, 0.1) is 5.92 Å². The largest absolute Gasteiger partial charge is 0.333 e. The number of piperidine rings is 1. The summed E-state index contributed by atoms with van der Waals surface area (Å²) in [4.78, 5) is 18.3. The summed E-state index contributed by atoms with van der Waals surface area (Å²) in [5.74, 6) is 0.367. The number of nitrogens with zero attached hydrogens (tertiary/aromatic N) is 2. The molecule has 1 aromatic rings. The van der Waals surface area contributed by atoms with Crippen LogP contribution in [0.1, 0.15) is 30.3 Å². The molecule has 1 aromatic heterocycles. The second-order valence-electron chi connectivity index (χ2n) is 4.77. The Morgan fingerprint density at radius 2 is 2.39 bits per heavy atom. The van der Waals surface area contributed by atoms with Crippen LogP contribution in [0.25, 0.3) is 0 Å². The number of hydrogen-bond donors (Lipinski definition) is 1. The Morgan fingerprint density at radius 3 is 3.06 bits per heavy atom. The van der Waals surface area contributed by atoms with Gasteiger partial charge >= 0.3 is 0 Å². The molecule has 1 fully saturated rings. The van der Waals surface area contributed by atoms with E-state index in [2.05, 4.69) is 11.9 Å². The monoisotopic (exact) mass is 267 g/mol. The number of carbonyl (C=O) groups excluding carboxylic acids is 1. The summed E-state index contributed by atoms with van der Waals surface area (Å²) in [6, 6.07) is 5.21. The normalized spacial score (nSPS) is 24.1. The summed E-state index contributed by atoms with van der Waals surface area (Å²) in [6.45, 7) is 3.38. The van der Waals surface area contributed by atoms with E-state index in [1.807, 2.05) is 4.90 Å². The third kappa shape index (κ3) is 2.65. The Labute approximate surface area is 112 Å². The molecule has 4 nitrogen and oxygen atoms in total. The van der Waals surface area contributed by atoms with Crippen molar-refractivity contribution >= 4 is 17.5 Å². The number of aromatic nitrogens is 1. The molecule has 0 spiro atoms. The fraction of sp³-hybridized carbons (Fsp3) is 0.538. The van der Waals surface area contributed by atoms with Crippen LogP contribution in [0.4, 0.5) is 0 Å². The highest BCUT2D eigenvalue weighted by Crippen LogP contribution is 2.24. The van der Waals surface area contributed by atoms with Crippen molar-refractivity contribution in [3.63, 3.8) is 0 Å². The molecule has 1 saturated heterocycles. The fourth-order valence-electron chi connectivity index (χ4n) is 2.54.